The van der Waals surface area contributed by atoms with Crippen LogP contribution >= 0.6 is 23.2 Å². The highest BCUT2D eigenvalue weighted by atomic mass is 35.5. The van der Waals surface area contributed by atoms with E-state index in [2.05, 4.69) is 0 Å². The highest BCUT2D eigenvalue weighted by molar-refractivity contribution is 6.34. The van der Waals surface area contributed by atoms with Crippen LogP contribution in [-0.4, -0.2) is 21.8 Å². The third-order valence-electron chi connectivity index (χ3n) is 6.05. The Kier molecular flexibility index (Phi) is 6.46. The fraction of sp³-hybridized carbons (Fsp3) is 0.200. The fourth-order valence-corrected chi connectivity index (χ4v) is 4.84. The summed E-state index contributed by atoms with van der Waals surface area (Å²) in [6.07, 6.45) is -4.61. The third-order valence-corrected chi connectivity index (χ3v) is 6.69. The monoisotopic (exact) mass is 523 g/mol. The Labute approximate surface area is 207 Å². The van der Waals surface area contributed by atoms with Crippen LogP contribution in [0.25, 0.3) is 22.2 Å². The van der Waals surface area contributed by atoms with Crippen molar-refractivity contribution in [3.63, 3.8) is 0 Å². The molecular weight excluding hydrogens is 506 g/mol. The Balaban J connectivity index is 1.73. The van der Waals surface area contributed by atoms with Gasteiger partial charge in [0.15, 0.2) is 5.58 Å². The van der Waals surface area contributed by atoms with E-state index in [9.17, 15) is 22.8 Å². The number of alkyl halides is 3. The first kappa shape index (κ1) is 24.9. The van der Waals surface area contributed by atoms with Gasteiger partial charge in [0.25, 0.3) is 0 Å². The molecule has 0 aliphatic rings. The first-order valence-corrected chi connectivity index (χ1v) is 11.1. The maximum absolute atomic E-state index is 14.2. The molecule has 0 aliphatic heterocycles. The van der Waals surface area contributed by atoms with Gasteiger partial charge in [-0.2, -0.15) is 13.2 Å². The zero-order valence-corrected chi connectivity index (χ0v) is 19.9. The Morgan fingerprint density at radius 1 is 1.00 bits per heavy atom. The van der Waals surface area contributed by atoms with Crippen molar-refractivity contribution in [1.29, 1.82) is 0 Å². The zero-order chi connectivity index (χ0) is 25.7. The van der Waals surface area contributed by atoms with Gasteiger partial charge in [-0.05, 0) is 58.5 Å². The number of carboxylic acids is 1. The molecule has 0 radical (unpaired) electrons. The smallest absolute Gasteiger partial charge is 0.419 e. The largest absolute Gasteiger partial charge is 0.478 e. The number of aryl methyl sites for hydroxylation is 1. The lowest BCUT2D eigenvalue weighted by atomic mass is 9.81. The van der Waals surface area contributed by atoms with Gasteiger partial charge in [0.05, 0.1) is 22.0 Å². The van der Waals surface area contributed by atoms with Crippen molar-refractivity contribution in [2.75, 3.05) is 0 Å². The van der Waals surface area contributed by atoms with Crippen molar-refractivity contribution in [2.24, 2.45) is 7.05 Å². The minimum atomic E-state index is -4.61. The molecule has 0 aliphatic carbocycles. The number of aromatic nitrogens is 1. The number of halogens is 5. The van der Waals surface area contributed by atoms with Crippen molar-refractivity contribution in [2.45, 2.75) is 24.9 Å². The summed E-state index contributed by atoms with van der Waals surface area (Å²) >= 11 is 12.5. The van der Waals surface area contributed by atoms with E-state index in [0.29, 0.717) is 16.6 Å². The Morgan fingerprint density at radius 3 is 2.20 bits per heavy atom. The van der Waals surface area contributed by atoms with Crippen molar-refractivity contribution in [1.82, 2.24) is 4.57 Å². The van der Waals surface area contributed by atoms with Gasteiger partial charge in [-0.15, -0.1) is 0 Å². The molecule has 0 saturated carbocycles. The highest BCUT2D eigenvalue weighted by Crippen LogP contribution is 2.47. The summed E-state index contributed by atoms with van der Waals surface area (Å²) in [7, 11) is 1.47. The molecule has 4 rings (SSSR count). The lowest BCUT2D eigenvalue weighted by Gasteiger charge is -2.28. The maximum Gasteiger partial charge on any atom is 0.419 e. The van der Waals surface area contributed by atoms with E-state index in [0.717, 1.165) is 0 Å². The molecular formula is C25H18Cl2F3NO4. The van der Waals surface area contributed by atoms with E-state index in [4.69, 9.17) is 32.7 Å². The molecule has 2 atom stereocenters. The van der Waals surface area contributed by atoms with E-state index in [-0.39, 0.29) is 32.3 Å². The van der Waals surface area contributed by atoms with E-state index in [1.54, 1.807) is 12.1 Å². The summed E-state index contributed by atoms with van der Waals surface area (Å²) in [5.74, 6) is -4.81. The quantitative estimate of drug-likeness (QED) is 0.299. The molecule has 1 heterocycles. The minimum absolute atomic E-state index is 0.0312. The van der Waals surface area contributed by atoms with E-state index in [1.165, 1.54) is 61.0 Å². The van der Waals surface area contributed by atoms with Gasteiger partial charge >= 0.3 is 17.9 Å². The number of carbonyl (C=O) groups is 1. The lowest BCUT2D eigenvalue weighted by Crippen LogP contribution is -2.26. The van der Waals surface area contributed by atoms with Gasteiger partial charge in [-0.3, -0.25) is 4.57 Å². The predicted octanol–water partition coefficient (Wildman–Crippen LogP) is 7.25. The number of rotatable bonds is 5. The second kappa shape index (κ2) is 9.09. The summed E-state index contributed by atoms with van der Waals surface area (Å²) in [6.45, 7) is 1.43. The summed E-state index contributed by atoms with van der Waals surface area (Å²) in [5, 5.41) is 9.29. The Hall–Kier alpha value is -3.23. The average Bonchev–Trinajstić information content (AvgIpc) is 3.05. The lowest BCUT2D eigenvalue weighted by molar-refractivity contribution is -0.154. The molecule has 5 nitrogen and oxygen atoms in total. The normalized spacial score (nSPS) is 13.7. The maximum atomic E-state index is 14.2. The van der Waals surface area contributed by atoms with Crippen molar-refractivity contribution in [3.8, 4) is 11.1 Å². The van der Waals surface area contributed by atoms with Gasteiger partial charge in [-0.25, -0.2) is 9.59 Å². The van der Waals surface area contributed by atoms with Crippen LogP contribution in [0.5, 0.6) is 0 Å². The molecule has 3 aromatic carbocycles. The Morgan fingerprint density at radius 2 is 1.63 bits per heavy atom. The minimum Gasteiger partial charge on any atom is -0.478 e. The van der Waals surface area contributed by atoms with Crippen LogP contribution in [0.4, 0.5) is 13.2 Å². The molecule has 4 aromatic rings. The van der Waals surface area contributed by atoms with E-state index >= 15 is 0 Å². The molecule has 10 heteroatoms. The summed E-state index contributed by atoms with van der Waals surface area (Å²) in [6, 6.07) is 13.0. The number of oxazole rings is 1. The van der Waals surface area contributed by atoms with Gasteiger partial charge in [0, 0.05) is 12.1 Å². The standard InChI is InChI=1S/C25H18Cl2F3NO4/c1-12(22(25(28,29)30)15-5-8-20-21(11-15)35-24(34)31(20)2)16-6-3-13(9-18(16)26)14-4-7-17(23(32)33)19(27)10-14/h3-12,22H,1-2H3,(H,32,33)/t12-,22?/m1/s1. The number of hydrogen-bond acceptors (Lipinski definition) is 3. The van der Waals surface area contributed by atoms with Gasteiger partial charge < -0.3 is 9.52 Å². The van der Waals surface area contributed by atoms with Gasteiger partial charge in [0.2, 0.25) is 0 Å². The number of nitrogens with zero attached hydrogens (tertiary/aromatic N) is 1. The molecule has 0 spiro atoms. The van der Waals surface area contributed by atoms with Gasteiger partial charge in [-0.1, -0.05) is 54.4 Å². The van der Waals surface area contributed by atoms with Crippen LogP contribution in [0.2, 0.25) is 10.0 Å². The number of benzene rings is 3. The van der Waals surface area contributed by atoms with Crippen LogP contribution in [0.1, 0.15) is 40.2 Å². The zero-order valence-electron chi connectivity index (χ0n) is 18.4. The summed E-state index contributed by atoms with van der Waals surface area (Å²) in [4.78, 5) is 22.9. The number of carboxylic acid groups (broad SMARTS) is 1. The number of aromatic carboxylic acids is 1. The topological polar surface area (TPSA) is 72.4 Å². The second-order valence-corrected chi connectivity index (χ2v) is 9.01. The van der Waals surface area contributed by atoms with Crippen LogP contribution in [0, 0.1) is 0 Å². The average molecular weight is 524 g/mol. The number of hydrogen-bond donors (Lipinski definition) is 1. The molecule has 182 valence electrons. The van der Waals surface area contributed by atoms with Crippen LogP contribution in [0.3, 0.4) is 0 Å². The van der Waals surface area contributed by atoms with Crippen molar-refractivity contribution in [3.05, 3.63) is 91.9 Å². The molecule has 1 unspecified atom stereocenters. The predicted molar refractivity (Wildman–Crippen MR) is 128 cm³/mol. The molecule has 35 heavy (non-hydrogen) atoms. The molecule has 1 aromatic heterocycles. The first-order chi connectivity index (χ1) is 16.4. The van der Waals surface area contributed by atoms with Gasteiger partial charge in [0.1, 0.15) is 0 Å². The highest BCUT2D eigenvalue weighted by Gasteiger charge is 2.45. The van der Waals surface area contributed by atoms with Crippen molar-refractivity contribution >= 4 is 40.3 Å². The van der Waals surface area contributed by atoms with E-state index < -0.39 is 29.7 Å². The second-order valence-electron chi connectivity index (χ2n) is 8.20. The molecule has 1 N–H and O–H groups in total. The van der Waals surface area contributed by atoms with Crippen LogP contribution in [-0.2, 0) is 7.05 Å². The molecule has 0 fully saturated rings. The van der Waals surface area contributed by atoms with Crippen LogP contribution < -0.4 is 5.76 Å². The Bertz CT molecular complexity index is 1510. The molecule has 0 amide bonds. The van der Waals surface area contributed by atoms with E-state index in [1.807, 2.05) is 0 Å². The fourth-order valence-electron chi connectivity index (χ4n) is 4.23. The molecule has 0 bridgehead atoms. The van der Waals surface area contributed by atoms with Crippen LogP contribution in [0.15, 0.2) is 63.8 Å². The summed E-state index contributed by atoms with van der Waals surface area (Å²) in [5.41, 5.74) is 1.76. The SMILES string of the molecule is C[C@H](c1ccc(-c2ccc(C(=O)O)c(Cl)c2)cc1Cl)C(c1ccc2c(c1)oc(=O)n2C)C(F)(F)F. The van der Waals surface area contributed by atoms with Crippen molar-refractivity contribution < 1.29 is 27.5 Å². The number of fused-ring (bicyclic) bond motifs is 1. The molecule has 0 saturated heterocycles. The summed E-state index contributed by atoms with van der Waals surface area (Å²) < 4.78 is 49.0. The first-order valence-electron chi connectivity index (χ1n) is 10.4. The third kappa shape index (κ3) is 4.68.